The normalized spacial score (nSPS) is 27.2. The lowest BCUT2D eigenvalue weighted by Crippen LogP contribution is -2.76. The van der Waals surface area contributed by atoms with E-state index < -0.39 is 0 Å². The van der Waals surface area contributed by atoms with Gasteiger partial charge in [0.25, 0.3) is 0 Å². The summed E-state index contributed by atoms with van der Waals surface area (Å²) in [5.41, 5.74) is 1.08. The van der Waals surface area contributed by atoms with Gasteiger partial charge in [0.1, 0.15) is 5.69 Å². The highest BCUT2D eigenvalue weighted by molar-refractivity contribution is 6.32. The predicted octanol–water partition coefficient (Wildman–Crippen LogP) is 4.12. The molecule has 2 amide bonds. The van der Waals surface area contributed by atoms with Crippen LogP contribution in [0.2, 0.25) is 5.02 Å². The number of carbonyl (C=O) groups is 1. The van der Waals surface area contributed by atoms with Crippen molar-refractivity contribution < 1.29 is 9.53 Å². The Labute approximate surface area is 170 Å². The summed E-state index contributed by atoms with van der Waals surface area (Å²) in [4.78, 5) is 16.7. The van der Waals surface area contributed by atoms with Crippen molar-refractivity contribution in [2.24, 2.45) is 5.92 Å². The average molecular weight is 404 g/mol. The van der Waals surface area contributed by atoms with Crippen molar-refractivity contribution in [3.63, 3.8) is 0 Å². The van der Waals surface area contributed by atoms with Gasteiger partial charge in [-0.1, -0.05) is 25.4 Å². The lowest BCUT2D eigenvalue weighted by atomic mass is 9.61. The van der Waals surface area contributed by atoms with E-state index in [4.69, 9.17) is 16.3 Å². The Morgan fingerprint density at radius 3 is 2.82 bits per heavy atom. The number of nitrogens with zero attached hydrogens (tertiary/aromatic N) is 4. The zero-order chi connectivity index (χ0) is 19.9. The number of aromatic nitrogens is 3. The van der Waals surface area contributed by atoms with E-state index in [0.29, 0.717) is 22.3 Å². The summed E-state index contributed by atoms with van der Waals surface area (Å²) in [7, 11) is 1.74. The number of urea groups is 1. The summed E-state index contributed by atoms with van der Waals surface area (Å²) in [5, 5.41) is 11.8. The Balaban J connectivity index is 1.58. The number of methoxy groups -OCH3 is 1. The Bertz CT molecular complexity index is 854. The highest BCUT2D eigenvalue weighted by Gasteiger charge is 2.61. The molecule has 1 aliphatic heterocycles. The van der Waals surface area contributed by atoms with E-state index in [0.717, 1.165) is 25.7 Å². The number of carbonyl (C=O) groups excluding carboxylic acids is 1. The van der Waals surface area contributed by atoms with Gasteiger partial charge in [-0.3, -0.25) is 0 Å². The highest BCUT2D eigenvalue weighted by atomic mass is 35.5. The molecule has 2 aromatic rings. The first kappa shape index (κ1) is 19.2. The first-order chi connectivity index (χ1) is 13.5. The number of nitrogens with one attached hydrogen (secondary N) is 1. The number of hydrogen-bond acceptors (Lipinski definition) is 4. The molecule has 4 atom stereocenters. The van der Waals surface area contributed by atoms with Crippen molar-refractivity contribution >= 4 is 23.3 Å². The summed E-state index contributed by atoms with van der Waals surface area (Å²) in [6.45, 7) is 4.38. The number of anilines is 1. The highest BCUT2D eigenvalue weighted by Crippen LogP contribution is 2.53. The van der Waals surface area contributed by atoms with Crippen LogP contribution < -0.4 is 5.32 Å². The molecule has 2 bridgehead atoms. The molecule has 7 nitrogen and oxygen atoms in total. The zero-order valence-corrected chi connectivity index (χ0v) is 17.2. The number of piperidine rings is 1. The summed E-state index contributed by atoms with van der Waals surface area (Å²) in [6.07, 6.45) is 7.14. The van der Waals surface area contributed by atoms with Crippen molar-refractivity contribution in [2.75, 3.05) is 12.4 Å². The maximum atomic E-state index is 13.2. The number of rotatable bonds is 5. The van der Waals surface area contributed by atoms with Gasteiger partial charge in [-0.15, -0.1) is 0 Å². The molecule has 1 N–H and O–H groups in total. The smallest absolute Gasteiger partial charge is 0.322 e. The fourth-order valence-electron chi connectivity index (χ4n) is 5.19. The van der Waals surface area contributed by atoms with Crippen LogP contribution in [-0.2, 0) is 4.74 Å². The molecule has 1 saturated carbocycles. The fraction of sp³-hybridized carbons (Fsp3) is 0.550. The molecule has 150 valence electrons. The molecule has 0 spiro atoms. The predicted molar refractivity (Wildman–Crippen MR) is 108 cm³/mol. The molecule has 1 saturated heterocycles. The van der Waals surface area contributed by atoms with E-state index >= 15 is 0 Å². The summed E-state index contributed by atoms with van der Waals surface area (Å²) >= 11 is 6.28. The Morgan fingerprint density at radius 2 is 2.14 bits per heavy atom. The average Bonchev–Trinajstić information content (AvgIpc) is 3.18. The van der Waals surface area contributed by atoms with Crippen LogP contribution in [0.1, 0.15) is 39.5 Å². The van der Waals surface area contributed by atoms with E-state index in [1.807, 2.05) is 4.90 Å². The van der Waals surface area contributed by atoms with Crippen LogP contribution >= 0.6 is 11.6 Å². The second kappa shape index (κ2) is 7.37. The summed E-state index contributed by atoms with van der Waals surface area (Å²) in [6, 6.07) is 5.52. The van der Waals surface area contributed by atoms with Gasteiger partial charge in [0, 0.05) is 18.8 Å². The van der Waals surface area contributed by atoms with Crippen LogP contribution in [0.4, 0.5) is 10.5 Å². The maximum Gasteiger partial charge on any atom is 0.322 e. The molecule has 1 aromatic heterocycles. The first-order valence-electron chi connectivity index (χ1n) is 9.78. The van der Waals surface area contributed by atoms with Gasteiger partial charge in [0.05, 0.1) is 29.1 Å². The molecule has 4 rings (SSSR count). The third kappa shape index (κ3) is 3.06. The number of fused-ring (bicyclic) bond motifs is 2. The Kier molecular flexibility index (Phi) is 5.05. The van der Waals surface area contributed by atoms with Gasteiger partial charge >= 0.3 is 6.03 Å². The van der Waals surface area contributed by atoms with Crippen LogP contribution in [0.3, 0.4) is 0 Å². The van der Waals surface area contributed by atoms with Crippen molar-refractivity contribution in [1.82, 2.24) is 19.9 Å². The number of likely N-dealkylation sites (tertiary alicyclic amines) is 1. The molecule has 0 unspecified atom stereocenters. The minimum absolute atomic E-state index is 0.0475. The standard InChI is InChI=1S/C20H26ClN5O2/c1-4-18(28-3)20-11-13(2)9-15(12-20)25(20)19(27)24-14-5-6-16(21)17(10-14)26-22-7-8-23-26/h5-8,10,13,15,18H,4,9,11-12H2,1-3H3,(H,24,27)/t13-,15-,18-,20+/m0/s1. The third-order valence-corrected chi connectivity index (χ3v) is 6.44. The monoisotopic (exact) mass is 403 g/mol. The number of ether oxygens (including phenoxy) is 1. The van der Waals surface area contributed by atoms with Crippen molar-refractivity contribution in [3.8, 4) is 5.69 Å². The first-order valence-corrected chi connectivity index (χ1v) is 10.2. The molecule has 0 radical (unpaired) electrons. The number of hydrogen-bond donors (Lipinski definition) is 1. The van der Waals surface area contributed by atoms with Crippen molar-refractivity contribution in [2.45, 2.75) is 57.2 Å². The maximum absolute atomic E-state index is 13.2. The van der Waals surface area contributed by atoms with Gasteiger partial charge in [-0.05, 0) is 49.8 Å². The molecule has 1 aromatic carbocycles. The molecular formula is C20H26ClN5O2. The number of halogens is 1. The quantitative estimate of drug-likeness (QED) is 0.814. The van der Waals surface area contributed by atoms with Crippen LogP contribution in [0.5, 0.6) is 0 Å². The van der Waals surface area contributed by atoms with Crippen molar-refractivity contribution in [1.29, 1.82) is 0 Å². The van der Waals surface area contributed by atoms with Crippen LogP contribution in [0, 0.1) is 5.92 Å². The zero-order valence-electron chi connectivity index (χ0n) is 16.4. The number of benzene rings is 1. The van der Waals surface area contributed by atoms with Crippen LogP contribution in [0.15, 0.2) is 30.6 Å². The molecule has 28 heavy (non-hydrogen) atoms. The third-order valence-electron chi connectivity index (χ3n) is 6.12. The molecule has 2 heterocycles. The lowest BCUT2D eigenvalue weighted by molar-refractivity contribution is -0.162. The SMILES string of the molecule is CC[C@H](OC)[C@@]12C[C@@H](C)C[C@@H](C1)N2C(=O)Nc1ccc(Cl)c(-n2nccn2)c1. The summed E-state index contributed by atoms with van der Waals surface area (Å²) < 4.78 is 5.78. The van der Waals surface area contributed by atoms with Gasteiger partial charge < -0.3 is 15.0 Å². The van der Waals surface area contributed by atoms with Crippen LogP contribution in [-0.4, -0.2) is 50.7 Å². The van der Waals surface area contributed by atoms with E-state index in [2.05, 4.69) is 29.4 Å². The molecule has 2 fully saturated rings. The van der Waals surface area contributed by atoms with Gasteiger partial charge in [0.15, 0.2) is 0 Å². The molecule has 2 aliphatic rings. The van der Waals surface area contributed by atoms with Gasteiger partial charge in [0.2, 0.25) is 0 Å². The van der Waals surface area contributed by atoms with E-state index in [1.165, 1.54) is 4.80 Å². The fourth-order valence-corrected chi connectivity index (χ4v) is 5.38. The van der Waals surface area contributed by atoms with Crippen molar-refractivity contribution in [3.05, 3.63) is 35.6 Å². The van der Waals surface area contributed by atoms with Crippen LogP contribution in [0.25, 0.3) is 5.69 Å². The summed E-state index contributed by atoms with van der Waals surface area (Å²) in [5.74, 6) is 0.597. The lowest BCUT2D eigenvalue weighted by Gasteiger charge is -2.65. The van der Waals surface area contributed by atoms with E-state index in [9.17, 15) is 4.79 Å². The number of amides is 2. The molecule has 1 aliphatic carbocycles. The Hall–Kier alpha value is -2.12. The molecule has 8 heteroatoms. The Morgan fingerprint density at radius 1 is 1.39 bits per heavy atom. The minimum atomic E-state index is -0.214. The van der Waals surface area contributed by atoms with E-state index in [1.54, 1.807) is 37.7 Å². The van der Waals surface area contributed by atoms with Gasteiger partial charge in [-0.2, -0.15) is 15.0 Å². The van der Waals surface area contributed by atoms with Gasteiger partial charge in [-0.25, -0.2) is 4.79 Å². The topological polar surface area (TPSA) is 72.3 Å². The second-order valence-corrected chi connectivity index (χ2v) is 8.33. The van der Waals surface area contributed by atoms with E-state index in [-0.39, 0.29) is 23.7 Å². The minimum Gasteiger partial charge on any atom is -0.379 e. The second-order valence-electron chi connectivity index (χ2n) is 7.92. The largest absolute Gasteiger partial charge is 0.379 e. The molecular weight excluding hydrogens is 378 g/mol.